The Labute approximate surface area is 353 Å². The molecule has 0 N–H and O–H groups in total. The maximum Gasteiger partial charge on any atom is 0.143 e. The second-order valence-corrected chi connectivity index (χ2v) is 15.7. The summed E-state index contributed by atoms with van der Waals surface area (Å²) in [5.41, 5.74) is 16.0. The predicted octanol–water partition coefficient (Wildman–Crippen LogP) is 16.8. The number of para-hydroxylation sites is 3. The summed E-state index contributed by atoms with van der Waals surface area (Å²) in [7, 11) is 0. The van der Waals surface area contributed by atoms with E-state index in [1.807, 2.05) is 24.3 Å². The van der Waals surface area contributed by atoms with Gasteiger partial charge in [-0.15, -0.1) is 0 Å². The van der Waals surface area contributed by atoms with Crippen LogP contribution < -0.4 is 4.90 Å². The molecule has 0 aliphatic heterocycles. The van der Waals surface area contributed by atoms with E-state index in [0.29, 0.717) is 0 Å². The van der Waals surface area contributed by atoms with Gasteiger partial charge in [0.2, 0.25) is 0 Å². The smallest absolute Gasteiger partial charge is 0.143 e. The minimum atomic E-state index is 0.898. The van der Waals surface area contributed by atoms with Crippen LogP contribution in [0.2, 0.25) is 0 Å². The van der Waals surface area contributed by atoms with Gasteiger partial charge in [0.15, 0.2) is 0 Å². The Morgan fingerprint density at radius 1 is 0.262 bits per heavy atom. The first-order valence-electron chi connectivity index (χ1n) is 20.7. The highest BCUT2D eigenvalue weighted by molar-refractivity contribution is 6.10. The molecule has 0 aliphatic carbocycles. The normalized spacial score (nSPS) is 11.6. The van der Waals surface area contributed by atoms with Crippen molar-refractivity contribution in [3.63, 3.8) is 0 Å². The van der Waals surface area contributed by atoms with E-state index in [0.717, 1.165) is 88.8 Å². The third kappa shape index (κ3) is 6.06. The van der Waals surface area contributed by atoms with Crippen molar-refractivity contribution in [2.45, 2.75) is 0 Å². The van der Waals surface area contributed by atoms with Gasteiger partial charge in [0, 0.05) is 44.2 Å². The SMILES string of the molecule is c1cc(-c2cccc(N(c3ccc(-c4ccc5oc6ccccc6c5c4)cc3)c3ccc(-c4cccc5c4oc4ccccc45)cc3)c2)cc(-c2cccc3ccccc23)c1. The Balaban J connectivity index is 0.951. The number of nitrogens with zero attached hydrogens (tertiary/aromatic N) is 1. The monoisotopic (exact) mass is 779 g/mol. The van der Waals surface area contributed by atoms with Crippen LogP contribution >= 0.6 is 0 Å². The Bertz CT molecular complexity index is 3590. The van der Waals surface area contributed by atoms with E-state index in [4.69, 9.17) is 8.83 Å². The van der Waals surface area contributed by atoms with Gasteiger partial charge < -0.3 is 13.7 Å². The zero-order chi connectivity index (χ0) is 40.3. The average molecular weight is 780 g/mol. The molecule has 0 amide bonds. The standard InChI is InChI=1S/C58H37NO2/c1-2-17-48-39(11-1)12-9-20-49(48)44-15-7-13-41(35-44)42-14-8-16-47(36-42)59(45-30-25-38(26-31-45)43-29-34-57-54(37-43)52-19-4-5-23-55(52)60-57)46-32-27-40(28-33-46)50-21-10-22-53-51-18-3-6-24-56(51)61-58(50)53/h1-37H. The number of hydrogen-bond donors (Lipinski definition) is 0. The highest BCUT2D eigenvalue weighted by Gasteiger charge is 2.17. The van der Waals surface area contributed by atoms with Crippen LogP contribution in [0.1, 0.15) is 0 Å². The fourth-order valence-corrected chi connectivity index (χ4v) is 9.09. The minimum absolute atomic E-state index is 0.898. The van der Waals surface area contributed by atoms with Crippen LogP contribution in [-0.4, -0.2) is 0 Å². The quantitative estimate of drug-likeness (QED) is 0.161. The van der Waals surface area contributed by atoms with Crippen molar-refractivity contribution in [3.05, 3.63) is 224 Å². The van der Waals surface area contributed by atoms with Gasteiger partial charge in [0.1, 0.15) is 22.3 Å². The van der Waals surface area contributed by atoms with Crippen LogP contribution in [0, 0.1) is 0 Å². The molecular weight excluding hydrogens is 743 g/mol. The molecule has 61 heavy (non-hydrogen) atoms. The van der Waals surface area contributed by atoms with Gasteiger partial charge in [-0.3, -0.25) is 0 Å². The zero-order valence-corrected chi connectivity index (χ0v) is 33.1. The first kappa shape index (κ1) is 34.9. The maximum atomic E-state index is 6.44. The number of fused-ring (bicyclic) bond motifs is 7. The van der Waals surface area contributed by atoms with E-state index < -0.39 is 0 Å². The number of rotatable bonds is 7. The summed E-state index contributed by atoms with van der Waals surface area (Å²) in [6, 6.07) is 80.1. The Morgan fingerprint density at radius 3 is 1.59 bits per heavy atom. The van der Waals surface area contributed by atoms with Gasteiger partial charge in [0.05, 0.1) is 0 Å². The molecule has 10 aromatic carbocycles. The van der Waals surface area contributed by atoms with Crippen molar-refractivity contribution in [2.24, 2.45) is 0 Å². The summed E-state index contributed by atoms with van der Waals surface area (Å²) in [5, 5.41) is 7.00. The van der Waals surface area contributed by atoms with E-state index in [1.54, 1.807) is 0 Å². The molecule has 0 unspecified atom stereocenters. The largest absolute Gasteiger partial charge is 0.456 e. The molecule has 0 aliphatic rings. The lowest BCUT2D eigenvalue weighted by Crippen LogP contribution is -2.10. The van der Waals surface area contributed by atoms with Crippen molar-refractivity contribution in [1.29, 1.82) is 0 Å². The van der Waals surface area contributed by atoms with Gasteiger partial charge in [0.25, 0.3) is 0 Å². The molecule has 286 valence electrons. The van der Waals surface area contributed by atoms with Gasteiger partial charge in [-0.25, -0.2) is 0 Å². The molecule has 3 heteroatoms. The van der Waals surface area contributed by atoms with E-state index in [2.05, 4.69) is 205 Å². The molecule has 0 atom stereocenters. The number of anilines is 3. The van der Waals surface area contributed by atoms with Crippen molar-refractivity contribution in [2.75, 3.05) is 4.90 Å². The van der Waals surface area contributed by atoms with Gasteiger partial charge >= 0.3 is 0 Å². The summed E-state index contributed by atoms with van der Waals surface area (Å²) >= 11 is 0. The summed E-state index contributed by atoms with van der Waals surface area (Å²) in [4.78, 5) is 2.35. The van der Waals surface area contributed by atoms with Gasteiger partial charge in [-0.1, -0.05) is 158 Å². The minimum Gasteiger partial charge on any atom is -0.456 e. The van der Waals surface area contributed by atoms with Gasteiger partial charge in [-0.2, -0.15) is 0 Å². The summed E-state index contributed by atoms with van der Waals surface area (Å²) in [6.45, 7) is 0. The molecular formula is C58H37NO2. The number of benzene rings is 10. The van der Waals surface area contributed by atoms with Crippen LogP contribution in [-0.2, 0) is 0 Å². The Kier molecular flexibility index (Phi) is 8.17. The molecule has 0 saturated carbocycles. The molecule has 2 aromatic heterocycles. The van der Waals surface area contributed by atoms with E-state index in [1.165, 1.54) is 27.5 Å². The van der Waals surface area contributed by atoms with Crippen LogP contribution in [0.15, 0.2) is 233 Å². The topological polar surface area (TPSA) is 29.5 Å². The first-order chi connectivity index (χ1) is 30.2. The molecule has 0 fully saturated rings. The second kappa shape index (κ2) is 14.3. The molecule has 0 bridgehead atoms. The van der Waals surface area contributed by atoms with Crippen molar-refractivity contribution in [1.82, 2.24) is 0 Å². The van der Waals surface area contributed by atoms with E-state index in [9.17, 15) is 0 Å². The van der Waals surface area contributed by atoms with Crippen LogP contribution in [0.3, 0.4) is 0 Å². The van der Waals surface area contributed by atoms with Crippen molar-refractivity contribution >= 4 is 71.7 Å². The van der Waals surface area contributed by atoms with Crippen LogP contribution in [0.5, 0.6) is 0 Å². The highest BCUT2D eigenvalue weighted by atomic mass is 16.3. The van der Waals surface area contributed by atoms with Crippen molar-refractivity contribution in [3.8, 4) is 44.5 Å². The van der Waals surface area contributed by atoms with Crippen LogP contribution in [0.4, 0.5) is 17.1 Å². The Morgan fingerprint density at radius 2 is 0.787 bits per heavy atom. The van der Waals surface area contributed by atoms with Crippen molar-refractivity contribution < 1.29 is 8.83 Å². The summed E-state index contributed by atoms with van der Waals surface area (Å²) in [6.07, 6.45) is 0. The van der Waals surface area contributed by atoms with E-state index in [-0.39, 0.29) is 0 Å². The van der Waals surface area contributed by atoms with E-state index >= 15 is 0 Å². The fourth-order valence-electron chi connectivity index (χ4n) is 9.09. The third-order valence-corrected chi connectivity index (χ3v) is 12.1. The molecule has 0 saturated heterocycles. The van der Waals surface area contributed by atoms with Crippen LogP contribution in [0.25, 0.3) is 99.2 Å². The lowest BCUT2D eigenvalue weighted by Gasteiger charge is -2.26. The third-order valence-electron chi connectivity index (χ3n) is 12.1. The molecule has 0 radical (unpaired) electrons. The molecule has 3 nitrogen and oxygen atoms in total. The average Bonchev–Trinajstić information content (AvgIpc) is 3.90. The summed E-state index contributed by atoms with van der Waals surface area (Å²) < 4.78 is 12.6. The lowest BCUT2D eigenvalue weighted by molar-refractivity contribution is 0.669. The summed E-state index contributed by atoms with van der Waals surface area (Å²) in [5.74, 6) is 0. The van der Waals surface area contributed by atoms with Gasteiger partial charge in [-0.05, 0) is 116 Å². The highest BCUT2D eigenvalue weighted by Crippen LogP contribution is 2.41. The lowest BCUT2D eigenvalue weighted by atomic mass is 9.95. The maximum absolute atomic E-state index is 6.44. The second-order valence-electron chi connectivity index (χ2n) is 15.7. The molecule has 12 aromatic rings. The number of hydrogen-bond acceptors (Lipinski definition) is 3. The molecule has 0 spiro atoms. The number of furan rings is 2. The zero-order valence-electron chi connectivity index (χ0n) is 33.1. The fraction of sp³-hybridized carbons (Fsp3) is 0. The molecule has 2 heterocycles. The molecule has 12 rings (SSSR count). The first-order valence-corrected chi connectivity index (χ1v) is 20.7. The predicted molar refractivity (Wildman–Crippen MR) is 255 cm³/mol. The Hall–Kier alpha value is -8.14.